The Labute approximate surface area is 163 Å². The van der Waals surface area contributed by atoms with Crippen LogP contribution < -0.4 is 5.32 Å². The van der Waals surface area contributed by atoms with E-state index in [9.17, 15) is 9.59 Å². The second-order valence-corrected chi connectivity index (χ2v) is 8.45. The maximum Gasteiger partial charge on any atom is 0.253 e. The predicted molar refractivity (Wildman–Crippen MR) is 109 cm³/mol. The fourth-order valence-electron chi connectivity index (χ4n) is 4.38. The molecule has 0 atom stereocenters. The molecule has 1 aliphatic heterocycles. The fraction of sp³-hybridized carbons (Fsp3) is 0.652. The number of nitrogens with zero attached hydrogens (tertiary/aromatic N) is 1. The van der Waals surface area contributed by atoms with E-state index < -0.39 is 0 Å². The van der Waals surface area contributed by atoms with Gasteiger partial charge in [-0.3, -0.25) is 9.59 Å². The molecule has 1 N–H and O–H groups in total. The van der Waals surface area contributed by atoms with Crippen molar-refractivity contribution in [1.29, 1.82) is 0 Å². The molecule has 1 saturated heterocycles. The van der Waals surface area contributed by atoms with Gasteiger partial charge < -0.3 is 10.2 Å². The van der Waals surface area contributed by atoms with Crippen LogP contribution in [0.1, 0.15) is 73.7 Å². The van der Waals surface area contributed by atoms with E-state index in [0.29, 0.717) is 18.3 Å². The highest BCUT2D eigenvalue weighted by atomic mass is 16.2. The molecule has 148 valence electrons. The van der Waals surface area contributed by atoms with Crippen LogP contribution in [0.5, 0.6) is 0 Å². The zero-order valence-electron chi connectivity index (χ0n) is 16.7. The van der Waals surface area contributed by atoms with Crippen LogP contribution in [0.3, 0.4) is 0 Å². The second-order valence-electron chi connectivity index (χ2n) is 8.45. The maximum atomic E-state index is 12.6. The molecule has 27 heavy (non-hydrogen) atoms. The van der Waals surface area contributed by atoms with E-state index >= 15 is 0 Å². The fourth-order valence-corrected chi connectivity index (χ4v) is 4.38. The van der Waals surface area contributed by atoms with Crippen molar-refractivity contribution in [3.63, 3.8) is 0 Å². The molecule has 1 saturated carbocycles. The number of hydrogen-bond acceptors (Lipinski definition) is 2. The standard InChI is InChI=1S/C23H34N2O2/c1-18-7-10-21(11-8-18)23(27)25-15-13-19(14-16-25)9-12-22(26)24-17-20-5-3-2-4-6-20/h7-8,10-11,19-20H,2-6,9,12-17H2,1H3,(H,24,26). The van der Waals surface area contributed by atoms with Crippen LogP contribution in [0.15, 0.2) is 24.3 Å². The molecule has 1 aliphatic carbocycles. The number of piperidine rings is 1. The number of rotatable bonds is 6. The third-order valence-electron chi connectivity index (χ3n) is 6.29. The number of amides is 2. The highest BCUT2D eigenvalue weighted by Crippen LogP contribution is 2.24. The second kappa shape index (κ2) is 9.91. The molecule has 0 aromatic heterocycles. The van der Waals surface area contributed by atoms with Gasteiger partial charge in [0.1, 0.15) is 0 Å². The molecule has 1 aromatic rings. The van der Waals surface area contributed by atoms with Crippen LogP contribution in [0.25, 0.3) is 0 Å². The van der Waals surface area contributed by atoms with Gasteiger partial charge in [0.25, 0.3) is 5.91 Å². The molecule has 1 aromatic carbocycles. The maximum absolute atomic E-state index is 12.6. The van der Waals surface area contributed by atoms with Gasteiger partial charge in [-0.15, -0.1) is 0 Å². The van der Waals surface area contributed by atoms with Gasteiger partial charge in [-0.05, 0) is 63.0 Å². The van der Waals surface area contributed by atoms with Crippen molar-refractivity contribution >= 4 is 11.8 Å². The van der Waals surface area contributed by atoms with E-state index in [-0.39, 0.29) is 11.8 Å². The summed E-state index contributed by atoms with van der Waals surface area (Å²) in [6.45, 7) is 4.51. The van der Waals surface area contributed by atoms with E-state index in [0.717, 1.165) is 44.5 Å². The van der Waals surface area contributed by atoms with Crippen LogP contribution in [0.2, 0.25) is 0 Å². The van der Waals surface area contributed by atoms with Crippen molar-refractivity contribution in [2.75, 3.05) is 19.6 Å². The van der Waals surface area contributed by atoms with Crippen molar-refractivity contribution in [2.45, 2.75) is 64.7 Å². The Morgan fingerprint density at radius 3 is 2.30 bits per heavy atom. The Morgan fingerprint density at radius 1 is 0.963 bits per heavy atom. The summed E-state index contributed by atoms with van der Waals surface area (Å²) in [4.78, 5) is 26.7. The first-order valence-electron chi connectivity index (χ1n) is 10.7. The molecular formula is C23H34N2O2. The zero-order valence-corrected chi connectivity index (χ0v) is 16.7. The first-order valence-corrected chi connectivity index (χ1v) is 10.7. The number of nitrogens with one attached hydrogen (secondary N) is 1. The molecule has 1 heterocycles. The summed E-state index contributed by atoms with van der Waals surface area (Å²) < 4.78 is 0. The molecule has 0 unspecified atom stereocenters. The number of aryl methyl sites for hydroxylation is 1. The van der Waals surface area contributed by atoms with Crippen molar-refractivity contribution in [3.8, 4) is 0 Å². The Kier molecular flexibility index (Phi) is 7.31. The highest BCUT2D eigenvalue weighted by molar-refractivity contribution is 5.94. The van der Waals surface area contributed by atoms with Crippen LogP contribution >= 0.6 is 0 Å². The van der Waals surface area contributed by atoms with Gasteiger partial charge in [0.05, 0.1) is 0 Å². The number of hydrogen-bond donors (Lipinski definition) is 1. The summed E-state index contributed by atoms with van der Waals surface area (Å²) in [6, 6.07) is 7.82. The minimum absolute atomic E-state index is 0.138. The van der Waals surface area contributed by atoms with E-state index in [4.69, 9.17) is 0 Å². The van der Waals surface area contributed by atoms with Gasteiger partial charge >= 0.3 is 0 Å². The minimum Gasteiger partial charge on any atom is -0.356 e. The monoisotopic (exact) mass is 370 g/mol. The number of benzene rings is 1. The lowest BCUT2D eigenvalue weighted by atomic mass is 9.89. The minimum atomic E-state index is 0.138. The third-order valence-corrected chi connectivity index (χ3v) is 6.29. The van der Waals surface area contributed by atoms with Gasteiger partial charge in [0.2, 0.25) is 5.91 Å². The molecule has 2 aliphatic rings. The average molecular weight is 371 g/mol. The van der Waals surface area contributed by atoms with Crippen LogP contribution in [0, 0.1) is 18.8 Å². The number of carbonyl (C=O) groups is 2. The average Bonchev–Trinajstić information content (AvgIpc) is 2.72. The van der Waals surface area contributed by atoms with Crippen molar-refractivity contribution < 1.29 is 9.59 Å². The largest absolute Gasteiger partial charge is 0.356 e. The lowest BCUT2D eigenvalue weighted by Crippen LogP contribution is -2.38. The molecule has 0 bridgehead atoms. The van der Waals surface area contributed by atoms with E-state index in [1.807, 2.05) is 36.1 Å². The molecule has 0 radical (unpaired) electrons. The number of carbonyl (C=O) groups excluding carboxylic acids is 2. The Morgan fingerprint density at radius 2 is 1.63 bits per heavy atom. The van der Waals surface area contributed by atoms with Crippen LogP contribution in [0.4, 0.5) is 0 Å². The topological polar surface area (TPSA) is 49.4 Å². The SMILES string of the molecule is Cc1ccc(C(=O)N2CCC(CCC(=O)NCC3CCCCC3)CC2)cc1. The first kappa shape index (κ1) is 19.9. The molecule has 3 rings (SSSR count). The molecule has 2 amide bonds. The summed E-state index contributed by atoms with van der Waals surface area (Å²) in [5.74, 6) is 1.60. The molecule has 4 nitrogen and oxygen atoms in total. The summed E-state index contributed by atoms with van der Waals surface area (Å²) >= 11 is 0. The molecule has 4 heteroatoms. The lowest BCUT2D eigenvalue weighted by Gasteiger charge is -2.32. The van der Waals surface area contributed by atoms with Gasteiger partial charge in [0.15, 0.2) is 0 Å². The highest BCUT2D eigenvalue weighted by Gasteiger charge is 2.24. The van der Waals surface area contributed by atoms with Crippen LogP contribution in [-0.4, -0.2) is 36.3 Å². The summed E-state index contributed by atoms with van der Waals surface area (Å²) in [5.41, 5.74) is 1.95. The zero-order chi connectivity index (χ0) is 19.1. The lowest BCUT2D eigenvalue weighted by molar-refractivity contribution is -0.121. The Hall–Kier alpha value is -1.84. The van der Waals surface area contributed by atoms with Crippen molar-refractivity contribution in [1.82, 2.24) is 10.2 Å². The Bertz CT molecular complexity index is 612. The van der Waals surface area contributed by atoms with Gasteiger partial charge in [0, 0.05) is 31.6 Å². The normalized spacial score (nSPS) is 19.1. The van der Waals surface area contributed by atoms with Gasteiger partial charge in [-0.25, -0.2) is 0 Å². The van der Waals surface area contributed by atoms with E-state index in [2.05, 4.69) is 5.32 Å². The summed E-state index contributed by atoms with van der Waals surface area (Å²) in [7, 11) is 0. The quantitative estimate of drug-likeness (QED) is 0.810. The van der Waals surface area contributed by atoms with Crippen molar-refractivity contribution in [3.05, 3.63) is 35.4 Å². The Balaban J connectivity index is 1.33. The molecular weight excluding hydrogens is 336 g/mol. The smallest absolute Gasteiger partial charge is 0.253 e. The molecule has 2 fully saturated rings. The van der Waals surface area contributed by atoms with Crippen molar-refractivity contribution in [2.24, 2.45) is 11.8 Å². The summed E-state index contributed by atoms with van der Waals surface area (Å²) in [6.07, 6.45) is 10.1. The predicted octanol–water partition coefficient (Wildman–Crippen LogP) is 4.32. The van der Waals surface area contributed by atoms with Gasteiger partial charge in [-0.2, -0.15) is 0 Å². The third kappa shape index (κ3) is 6.08. The first-order chi connectivity index (χ1) is 13.1. The van der Waals surface area contributed by atoms with Gasteiger partial charge in [-0.1, -0.05) is 37.0 Å². The summed E-state index contributed by atoms with van der Waals surface area (Å²) in [5, 5.41) is 3.14. The van der Waals surface area contributed by atoms with Crippen LogP contribution in [-0.2, 0) is 4.79 Å². The van der Waals surface area contributed by atoms with E-state index in [1.165, 1.54) is 37.7 Å². The number of likely N-dealkylation sites (tertiary alicyclic amines) is 1. The molecule has 0 spiro atoms. The van der Waals surface area contributed by atoms with E-state index in [1.54, 1.807) is 0 Å².